The Morgan fingerprint density at radius 3 is 2.30 bits per heavy atom. The molecule has 0 bridgehead atoms. The van der Waals surface area contributed by atoms with Gasteiger partial charge < -0.3 is 14.2 Å². The van der Waals surface area contributed by atoms with E-state index in [2.05, 4.69) is 52.0 Å². The molecule has 0 unspecified atom stereocenters. The number of carbonyl (C=O) groups is 1. The Morgan fingerprint density at radius 1 is 0.967 bits per heavy atom. The lowest BCUT2D eigenvalue weighted by atomic mass is 9.59. The Bertz CT molecular complexity index is 985. The Hall–Kier alpha value is -2.69. The molecule has 1 aliphatic heterocycles. The zero-order valence-corrected chi connectivity index (χ0v) is 18.7. The van der Waals surface area contributed by atoms with Gasteiger partial charge in [0.25, 0.3) is 0 Å². The summed E-state index contributed by atoms with van der Waals surface area (Å²) in [7, 11) is 3.26. The maximum Gasteiger partial charge on any atom is 0.411 e. The van der Waals surface area contributed by atoms with E-state index >= 15 is 0 Å². The van der Waals surface area contributed by atoms with Crippen LogP contribution >= 0.6 is 0 Å². The number of carbonyl (C=O) groups excluding carboxylic acids is 1. The number of rotatable bonds is 5. The number of ether oxygens (including phenoxy) is 3. The minimum absolute atomic E-state index is 0.0650. The van der Waals surface area contributed by atoms with Crippen molar-refractivity contribution in [2.24, 2.45) is 0 Å². The number of hydrogen-bond acceptors (Lipinski definition) is 4. The number of fused-ring (bicyclic) bond motifs is 3. The SMILES string of the molecule is COc1ccc(CCN2C(=O)O[C@@]3(C)CC(C)(C)c4ccccc4[C@]23C)cc1OC. The molecule has 1 aliphatic carbocycles. The van der Waals surface area contributed by atoms with E-state index in [-0.39, 0.29) is 11.5 Å². The fourth-order valence-electron chi connectivity index (χ4n) is 5.48. The molecule has 1 saturated heterocycles. The summed E-state index contributed by atoms with van der Waals surface area (Å²) in [5, 5.41) is 0. The minimum Gasteiger partial charge on any atom is -0.493 e. The third kappa shape index (κ3) is 2.86. The van der Waals surface area contributed by atoms with Crippen LogP contribution in [0.5, 0.6) is 11.5 Å². The van der Waals surface area contributed by atoms with E-state index in [1.54, 1.807) is 14.2 Å². The lowest BCUT2D eigenvalue weighted by Gasteiger charge is -2.52. The highest BCUT2D eigenvalue weighted by Gasteiger charge is 2.65. The largest absolute Gasteiger partial charge is 0.493 e. The van der Waals surface area contributed by atoms with Gasteiger partial charge in [-0.3, -0.25) is 4.90 Å². The Labute approximate surface area is 178 Å². The summed E-state index contributed by atoms with van der Waals surface area (Å²) in [5.41, 5.74) is 2.39. The van der Waals surface area contributed by atoms with Crippen LogP contribution in [0, 0.1) is 0 Å². The molecular weight excluding hydrogens is 378 g/mol. The zero-order valence-electron chi connectivity index (χ0n) is 18.7. The summed E-state index contributed by atoms with van der Waals surface area (Å²) in [6.45, 7) is 9.27. The predicted molar refractivity (Wildman–Crippen MR) is 116 cm³/mol. The van der Waals surface area contributed by atoms with Gasteiger partial charge >= 0.3 is 6.09 Å². The molecule has 0 saturated carbocycles. The Morgan fingerprint density at radius 2 is 1.63 bits per heavy atom. The molecule has 2 aliphatic rings. The molecule has 1 fully saturated rings. The van der Waals surface area contributed by atoms with Crippen LogP contribution in [0.25, 0.3) is 0 Å². The van der Waals surface area contributed by atoms with Gasteiger partial charge in [-0.15, -0.1) is 0 Å². The highest BCUT2D eigenvalue weighted by Crippen LogP contribution is 2.57. The second kappa shape index (κ2) is 6.93. The van der Waals surface area contributed by atoms with Gasteiger partial charge in [0.1, 0.15) is 11.1 Å². The van der Waals surface area contributed by atoms with E-state index in [1.807, 2.05) is 23.1 Å². The summed E-state index contributed by atoms with van der Waals surface area (Å²) >= 11 is 0. The molecule has 2 aromatic rings. The molecule has 0 radical (unpaired) electrons. The van der Waals surface area contributed by atoms with Gasteiger partial charge in [0.05, 0.1) is 14.2 Å². The molecule has 160 valence electrons. The van der Waals surface area contributed by atoms with Crippen molar-refractivity contribution in [1.29, 1.82) is 0 Å². The van der Waals surface area contributed by atoms with Crippen LogP contribution in [-0.2, 0) is 22.1 Å². The van der Waals surface area contributed by atoms with Crippen LogP contribution in [0.3, 0.4) is 0 Å². The Balaban J connectivity index is 1.69. The third-order valence-electron chi connectivity index (χ3n) is 7.13. The van der Waals surface area contributed by atoms with E-state index < -0.39 is 11.1 Å². The first-order valence-electron chi connectivity index (χ1n) is 10.5. The maximum absolute atomic E-state index is 13.1. The predicted octanol–water partition coefficient (Wildman–Crippen LogP) is 5.05. The van der Waals surface area contributed by atoms with Crippen LogP contribution < -0.4 is 9.47 Å². The van der Waals surface area contributed by atoms with Gasteiger partial charge in [-0.2, -0.15) is 0 Å². The highest BCUT2D eigenvalue weighted by atomic mass is 16.6. The molecule has 1 heterocycles. The summed E-state index contributed by atoms with van der Waals surface area (Å²) in [4.78, 5) is 15.0. The number of methoxy groups -OCH3 is 2. The molecule has 5 nitrogen and oxygen atoms in total. The minimum atomic E-state index is -0.584. The lowest BCUT2D eigenvalue weighted by molar-refractivity contribution is -0.0291. The second-order valence-corrected chi connectivity index (χ2v) is 9.37. The number of nitrogens with zero attached hydrogens (tertiary/aromatic N) is 1. The van der Waals surface area contributed by atoms with Crippen molar-refractivity contribution in [3.8, 4) is 11.5 Å². The van der Waals surface area contributed by atoms with E-state index in [0.29, 0.717) is 24.5 Å². The normalized spacial score (nSPS) is 26.6. The molecule has 0 spiro atoms. The van der Waals surface area contributed by atoms with Gasteiger partial charge in [0, 0.05) is 6.54 Å². The maximum atomic E-state index is 13.1. The van der Waals surface area contributed by atoms with E-state index in [9.17, 15) is 4.79 Å². The molecule has 2 aromatic carbocycles. The van der Waals surface area contributed by atoms with Crippen molar-refractivity contribution in [3.63, 3.8) is 0 Å². The zero-order chi connectivity index (χ0) is 21.7. The number of hydrogen-bond donors (Lipinski definition) is 0. The van der Waals surface area contributed by atoms with E-state index in [4.69, 9.17) is 14.2 Å². The fraction of sp³-hybridized carbons (Fsp3) is 0.480. The third-order valence-corrected chi connectivity index (χ3v) is 7.13. The number of benzene rings is 2. The van der Waals surface area contributed by atoms with Crippen molar-refractivity contribution in [2.75, 3.05) is 20.8 Å². The highest BCUT2D eigenvalue weighted by molar-refractivity contribution is 5.74. The summed E-state index contributed by atoms with van der Waals surface area (Å²) in [6, 6.07) is 14.4. The van der Waals surface area contributed by atoms with Crippen molar-refractivity contribution in [3.05, 3.63) is 59.2 Å². The fourth-order valence-corrected chi connectivity index (χ4v) is 5.48. The first-order chi connectivity index (χ1) is 14.2. The topological polar surface area (TPSA) is 48.0 Å². The van der Waals surface area contributed by atoms with Crippen LogP contribution in [0.15, 0.2) is 42.5 Å². The van der Waals surface area contributed by atoms with Gasteiger partial charge in [0.2, 0.25) is 0 Å². The van der Waals surface area contributed by atoms with Crippen molar-refractivity contribution in [2.45, 2.75) is 57.1 Å². The van der Waals surface area contributed by atoms with Crippen molar-refractivity contribution < 1.29 is 19.0 Å². The summed E-state index contributed by atoms with van der Waals surface area (Å²) in [5.74, 6) is 1.39. The average molecular weight is 410 g/mol. The Kier molecular flexibility index (Phi) is 4.75. The molecule has 5 heteroatoms. The second-order valence-electron chi connectivity index (χ2n) is 9.37. The molecular formula is C25H31NO4. The lowest BCUT2D eigenvalue weighted by Crippen LogP contribution is -2.58. The first-order valence-corrected chi connectivity index (χ1v) is 10.5. The van der Waals surface area contributed by atoms with Crippen LogP contribution in [-0.4, -0.2) is 37.4 Å². The molecule has 1 amide bonds. The molecule has 0 aromatic heterocycles. The monoisotopic (exact) mass is 409 g/mol. The molecule has 4 rings (SSSR count). The van der Waals surface area contributed by atoms with Crippen LogP contribution in [0.2, 0.25) is 0 Å². The first kappa shape index (κ1) is 20.6. The standard InChI is InChI=1S/C25H31NO4/c1-23(2)16-24(3)25(4,19-10-8-7-9-18(19)23)26(22(27)30-24)14-13-17-11-12-20(28-5)21(15-17)29-6/h7-12,15H,13-14,16H2,1-6H3/t24-,25-/m0/s1. The van der Waals surface area contributed by atoms with Gasteiger partial charge in [-0.05, 0) is 60.9 Å². The van der Waals surface area contributed by atoms with Gasteiger partial charge in [-0.25, -0.2) is 4.79 Å². The van der Waals surface area contributed by atoms with Gasteiger partial charge in [0.15, 0.2) is 11.5 Å². The number of amides is 1. The van der Waals surface area contributed by atoms with Crippen LogP contribution in [0.4, 0.5) is 4.79 Å². The smallest absolute Gasteiger partial charge is 0.411 e. The molecule has 0 N–H and O–H groups in total. The molecule has 2 atom stereocenters. The quantitative estimate of drug-likeness (QED) is 0.693. The van der Waals surface area contributed by atoms with Crippen LogP contribution in [0.1, 0.15) is 50.8 Å². The van der Waals surface area contributed by atoms with Gasteiger partial charge in [-0.1, -0.05) is 44.2 Å². The molecule has 30 heavy (non-hydrogen) atoms. The van der Waals surface area contributed by atoms with E-state index in [1.165, 1.54) is 11.1 Å². The van der Waals surface area contributed by atoms with Crippen molar-refractivity contribution in [1.82, 2.24) is 4.90 Å². The van der Waals surface area contributed by atoms with Crippen molar-refractivity contribution >= 4 is 6.09 Å². The summed E-state index contributed by atoms with van der Waals surface area (Å²) < 4.78 is 16.8. The summed E-state index contributed by atoms with van der Waals surface area (Å²) in [6.07, 6.45) is 1.24. The van der Waals surface area contributed by atoms with E-state index in [0.717, 1.165) is 12.0 Å². The average Bonchev–Trinajstić information content (AvgIpc) is 2.91.